The molecule has 4 aliphatic heterocycles. The third-order valence-electron chi connectivity index (χ3n) is 8.63. The summed E-state index contributed by atoms with van der Waals surface area (Å²) in [5, 5.41) is 3.23. The minimum absolute atomic E-state index is 0.0292. The first-order valence-corrected chi connectivity index (χ1v) is 19.0. The predicted octanol–water partition coefficient (Wildman–Crippen LogP) is 1.31. The van der Waals surface area contributed by atoms with Crippen molar-refractivity contribution in [2.75, 3.05) is 78.7 Å². The highest BCUT2D eigenvalue weighted by Crippen LogP contribution is 2.36. The summed E-state index contributed by atoms with van der Waals surface area (Å²) in [7, 11) is 1.69. The SMILES string of the molecule is C=C[C@@H]1C[C@H](/C=C/PPC)N(CC(=O)N2CCNCC2)C1=O.CCOC(=O)N1CCN(C(=O)CN2C(=O)C3C=CC2C3)CC1. The van der Waals surface area contributed by atoms with Crippen LogP contribution < -0.4 is 5.32 Å². The van der Waals surface area contributed by atoms with Gasteiger partial charge in [-0.05, 0) is 26.4 Å². The van der Waals surface area contributed by atoms with Crippen molar-refractivity contribution in [2.24, 2.45) is 11.8 Å². The second-order valence-electron chi connectivity index (χ2n) is 11.3. The third kappa shape index (κ3) is 8.46. The Morgan fingerprint density at radius 3 is 2.16 bits per heavy atom. The molecule has 0 saturated carbocycles. The van der Waals surface area contributed by atoms with Gasteiger partial charge in [0.05, 0.1) is 30.5 Å². The number of ether oxygens (including phenoxy) is 1. The van der Waals surface area contributed by atoms with Gasteiger partial charge in [0.15, 0.2) is 0 Å². The molecular weight excluding hydrogens is 602 g/mol. The molecular formula is C30H46N6O6P2. The first-order valence-electron chi connectivity index (χ1n) is 15.5. The number of rotatable bonds is 9. The number of fused-ring (bicyclic) bond motifs is 2. The van der Waals surface area contributed by atoms with Crippen LogP contribution in [0, 0.1) is 11.8 Å². The summed E-state index contributed by atoms with van der Waals surface area (Å²) in [6.45, 7) is 13.4. The predicted molar refractivity (Wildman–Crippen MR) is 173 cm³/mol. The summed E-state index contributed by atoms with van der Waals surface area (Å²) >= 11 is 0. The van der Waals surface area contributed by atoms with Crippen molar-refractivity contribution in [1.82, 2.24) is 29.8 Å². The second-order valence-corrected chi connectivity index (χ2v) is 14.8. The van der Waals surface area contributed by atoms with Gasteiger partial charge in [0.25, 0.3) is 0 Å². The van der Waals surface area contributed by atoms with E-state index in [9.17, 15) is 24.0 Å². The summed E-state index contributed by atoms with van der Waals surface area (Å²) in [5.41, 5.74) is 0. The summed E-state index contributed by atoms with van der Waals surface area (Å²) in [5.74, 6) is 2.08. The Hall–Kier alpha value is -2.81. The molecule has 4 fully saturated rings. The maximum atomic E-state index is 12.4. The van der Waals surface area contributed by atoms with E-state index in [-0.39, 0.29) is 66.7 Å². The number of hydrogen-bond donors (Lipinski definition) is 1. The van der Waals surface area contributed by atoms with E-state index >= 15 is 0 Å². The van der Waals surface area contributed by atoms with E-state index < -0.39 is 0 Å². The standard InChI is InChI=1S/C15H21N3O4.C15H25N3O2P2/c1-2-22-15(21)17-7-5-16(6-8-17)13(19)10-18-12-4-3-11(9-12)14(18)20;1-3-12-10-13(4-9-22-21-2)18(15(12)20)11-14(19)17-7-5-16-6-8-17/h3-4,11-12H,2,5-10H2,1H3;3-4,9,12-13,16,21-22H,1,5-8,10-11H2,2H3/b;9-4+/t;12-,13+/m.1/s1. The van der Waals surface area contributed by atoms with E-state index in [0.29, 0.717) is 32.8 Å². The van der Waals surface area contributed by atoms with Crippen molar-refractivity contribution in [3.05, 3.63) is 36.7 Å². The van der Waals surface area contributed by atoms with Gasteiger partial charge in [-0.1, -0.05) is 46.7 Å². The summed E-state index contributed by atoms with van der Waals surface area (Å²) in [4.78, 5) is 69.5. The van der Waals surface area contributed by atoms with E-state index in [4.69, 9.17) is 4.74 Å². The van der Waals surface area contributed by atoms with Gasteiger partial charge in [0.1, 0.15) is 13.1 Å². The lowest BCUT2D eigenvalue weighted by Crippen LogP contribution is -2.53. The maximum absolute atomic E-state index is 12.4. The average Bonchev–Trinajstić information content (AvgIpc) is 3.73. The normalized spacial score (nSPS) is 26.9. The van der Waals surface area contributed by atoms with Crippen LogP contribution in [0.2, 0.25) is 0 Å². The lowest BCUT2D eigenvalue weighted by molar-refractivity contribution is -0.141. The molecule has 4 unspecified atom stereocenters. The Kier molecular flexibility index (Phi) is 12.8. The number of nitrogens with zero attached hydrogens (tertiary/aromatic N) is 5. The Labute approximate surface area is 263 Å². The smallest absolute Gasteiger partial charge is 0.409 e. The Morgan fingerprint density at radius 1 is 0.932 bits per heavy atom. The van der Waals surface area contributed by atoms with Crippen molar-refractivity contribution in [2.45, 2.75) is 31.8 Å². The van der Waals surface area contributed by atoms with Crippen LogP contribution in [0.1, 0.15) is 19.8 Å². The largest absolute Gasteiger partial charge is 0.450 e. The molecule has 0 aromatic carbocycles. The molecule has 0 aromatic rings. The summed E-state index contributed by atoms with van der Waals surface area (Å²) in [6.07, 6.45) is 8.98. The quantitative estimate of drug-likeness (QED) is 0.296. The van der Waals surface area contributed by atoms with Crippen LogP contribution in [-0.2, 0) is 23.9 Å². The zero-order valence-electron chi connectivity index (χ0n) is 25.8. The fourth-order valence-electron chi connectivity index (χ4n) is 6.11. The van der Waals surface area contributed by atoms with Crippen LogP contribution in [0.3, 0.4) is 0 Å². The molecule has 0 radical (unpaired) electrons. The molecule has 1 aliphatic carbocycles. The molecule has 12 nitrogen and oxygen atoms in total. The fraction of sp³-hybridized carbons (Fsp3) is 0.633. The first-order chi connectivity index (χ1) is 21.3. The van der Waals surface area contributed by atoms with Crippen LogP contribution in [0.25, 0.3) is 0 Å². The van der Waals surface area contributed by atoms with E-state index in [1.165, 1.54) is 0 Å². The van der Waals surface area contributed by atoms with Crippen LogP contribution in [0.15, 0.2) is 36.7 Å². The molecule has 14 heteroatoms. The highest BCUT2D eigenvalue weighted by molar-refractivity contribution is 8.12. The minimum atomic E-state index is -0.327. The van der Waals surface area contributed by atoms with Gasteiger partial charge in [-0.15, -0.1) is 6.58 Å². The van der Waals surface area contributed by atoms with Crippen LogP contribution in [0.4, 0.5) is 4.79 Å². The molecule has 4 heterocycles. The number of amides is 5. The number of likely N-dealkylation sites (tertiary alicyclic amines) is 2. The Morgan fingerprint density at radius 2 is 1.57 bits per heavy atom. The lowest BCUT2D eigenvalue weighted by Gasteiger charge is -2.35. The summed E-state index contributed by atoms with van der Waals surface area (Å²) < 4.78 is 4.96. The number of nitrogens with one attached hydrogen (secondary N) is 1. The van der Waals surface area contributed by atoms with Crippen molar-refractivity contribution >= 4 is 46.3 Å². The molecule has 5 rings (SSSR count). The van der Waals surface area contributed by atoms with Gasteiger partial charge in [-0.25, -0.2) is 4.79 Å². The fourth-order valence-corrected chi connectivity index (χ4v) is 7.38. The lowest BCUT2D eigenvalue weighted by atomic mass is 10.1. The van der Waals surface area contributed by atoms with Crippen molar-refractivity contribution in [1.29, 1.82) is 0 Å². The zero-order valence-corrected chi connectivity index (χ0v) is 27.8. The number of carbonyl (C=O) groups is 5. The van der Waals surface area contributed by atoms with Crippen molar-refractivity contribution < 1.29 is 28.7 Å². The van der Waals surface area contributed by atoms with E-state index in [1.807, 2.05) is 17.1 Å². The Balaban J connectivity index is 0.000000201. The molecule has 1 N–H and O–H groups in total. The van der Waals surface area contributed by atoms with Gasteiger partial charge in [0.2, 0.25) is 23.6 Å². The number of piperazine rings is 2. The van der Waals surface area contributed by atoms with Gasteiger partial charge in [0, 0.05) is 52.4 Å². The van der Waals surface area contributed by atoms with E-state index in [1.54, 1.807) is 32.6 Å². The first kappa shape index (κ1) is 34.1. The second kappa shape index (κ2) is 16.5. The highest BCUT2D eigenvalue weighted by Gasteiger charge is 2.42. The average molecular weight is 649 g/mol. The van der Waals surface area contributed by atoms with Crippen LogP contribution >= 0.6 is 16.5 Å². The number of carbonyl (C=O) groups excluding carboxylic acids is 5. The molecule has 6 atom stereocenters. The summed E-state index contributed by atoms with van der Waals surface area (Å²) in [6, 6.07) is 0.119. The van der Waals surface area contributed by atoms with Crippen molar-refractivity contribution in [3.63, 3.8) is 0 Å². The van der Waals surface area contributed by atoms with Gasteiger partial charge < -0.3 is 34.6 Å². The topological polar surface area (TPSA) is 123 Å². The zero-order chi connectivity index (χ0) is 31.6. The molecule has 44 heavy (non-hydrogen) atoms. The van der Waals surface area contributed by atoms with Crippen molar-refractivity contribution in [3.8, 4) is 0 Å². The molecule has 0 aromatic heterocycles. The molecule has 5 amide bonds. The molecule has 242 valence electrons. The van der Waals surface area contributed by atoms with E-state index in [2.05, 4.69) is 30.5 Å². The molecule has 4 saturated heterocycles. The van der Waals surface area contributed by atoms with Gasteiger partial charge in [-0.2, -0.15) is 0 Å². The van der Waals surface area contributed by atoms with Crippen LogP contribution in [0.5, 0.6) is 0 Å². The maximum Gasteiger partial charge on any atom is 0.409 e. The molecule has 5 aliphatic rings. The molecule has 2 bridgehead atoms. The third-order valence-corrected chi connectivity index (χ3v) is 10.6. The minimum Gasteiger partial charge on any atom is -0.450 e. The molecule has 0 spiro atoms. The number of hydrogen-bond acceptors (Lipinski definition) is 7. The monoisotopic (exact) mass is 648 g/mol. The van der Waals surface area contributed by atoms with Gasteiger partial charge in [-0.3, -0.25) is 19.2 Å². The highest BCUT2D eigenvalue weighted by atomic mass is 32.0. The van der Waals surface area contributed by atoms with Crippen LogP contribution in [-0.4, -0.2) is 145 Å². The van der Waals surface area contributed by atoms with E-state index in [0.717, 1.165) is 55.6 Å². The Bertz CT molecular complexity index is 1140. The van der Waals surface area contributed by atoms with Gasteiger partial charge >= 0.3 is 6.09 Å².